The molecule has 4 rings (SSSR count). The molecule has 2 heterocycles. The normalized spacial score (nSPS) is 11.0. The molecule has 32 heavy (non-hydrogen) atoms. The summed E-state index contributed by atoms with van der Waals surface area (Å²) in [5.41, 5.74) is 5.12. The fourth-order valence-corrected chi connectivity index (χ4v) is 3.15. The number of hydrogen-bond acceptors (Lipinski definition) is 9. The lowest BCUT2D eigenvalue weighted by atomic mass is 10.1. The summed E-state index contributed by atoms with van der Waals surface area (Å²) in [7, 11) is 0. The largest absolute Gasteiger partial charge is 0.493 e. The monoisotopic (exact) mass is 436 g/mol. The van der Waals surface area contributed by atoms with Crippen molar-refractivity contribution in [2.45, 2.75) is 13.1 Å². The van der Waals surface area contributed by atoms with Crippen molar-refractivity contribution in [3.8, 4) is 5.88 Å². The van der Waals surface area contributed by atoms with E-state index in [1.807, 2.05) is 0 Å². The summed E-state index contributed by atoms with van der Waals surface area (Å²) < 4.78 is 0.915. The number of benzene rings is 1. The number of nitrogens with zero attached hydrogens (tertiary/aromatic N) is 3. The van der Waals surface area contributed by atoms with Crippen LogP contribution in [0.15, 0.2) is 46.1 Å². The maximum atomic E-state index is 12.5. The van der Waals surface area contributed by atoms with Gasteiger partial charge >= 0.3 is 5.97 Å². The number of rotatable bonds is 7. The third kappa shape index (κ3) is 3.60. The highest BCUT2D eigenvalue weighted by molar-refractivity contribution is 5.96. The van der Waals surface area contributed by atoms with Crippen LogP contribution in [0.25, 0.3) is 5.78 Å². The first-order valence-electron chi connectivity index (χ1n) is 9.25. The number of anilines is 2. The van der Waals surface area contributed by atoms with Gasteiger partial charge in [-0.1, -0.05) is 24.3 Å². The molecule has 0 unspecified atom stereocenters. The summed E-state index contributed by atoms with van der Waals surface area (Å²) in [5.74, 6) is -2.52. The van der Waals surface area contributed by atoms with Crippen molar-refractivity contribution < 1.29 is 19.8 Å². The number of fused-ring (bicyclic) bond motifs is 1. The third-order valence-electron chi connectivity index (χ3n) is 4.77. The second-order valence-corrected chi connectivity index (χ2v) is 6.89. The van der Waals surface area contributed by atoms with Crippen LogP contribution in [-0.2, 0) is 13.1 Å². The number of carbonyl (C=O) groups excluding carboxylic acids is 1. The van der Waals surface area contributed by atoms with Gasteiger partial charge in [-0.05, 0) is 11.1 Å². The highest BCUT2D eigenvalue weighted by Gasteiger charge is 2.19. The first-order chi connectivity index (χ1) is 15.3. The van der Waals surface area contributed by atoms with Gasteiger partial charge < -0.3 is 26.6 Å². The van der Waals surface area contributed by atoms with Gasteiger partial charge in [0.1, 0.15) is 22.8 Å². The molecule has 12 nitrogen and oxygen atoms in total. The first-order valence-corrected chi connectivity index (χ1v) is 9.25. The van der Waals surface area contributed by atoms with E-state index in [-0.39, 0.29) is 41.6 Å². The number of hydrogen-bond donors (Lipinski definition) is 5. The molecule has 0 radical (unpaired) electrons. The van der Waals surface area contributed by atoms with Crippen LogP contribution in [0, 0.1) is 0 Å². The molecule has 2 aromatic heterocycles. The minimum absolute atomic E-state index is 0.0885. The fourth-order valence-electron chi connectivity index (χ4n) is 3.15. The fraction of sp³-hybridized carbons (Fsp3) is 0.100. The van der Waals surface area contributed by atoms with Crippen LogP contribution in [0.4, 0.5) is 11.4 Å². The van der Waals surface area contributed by atoms with Gasteiger partial charge in [-0.15, -0.1) is 0 Å². The highest BCUT2D eigenvalue weighted by Crippen LogP contribution is 2.16. The van der Waals surface area contributed by atoms with E-state index in [4.69, 9.17) is 5.73 Å². The summed E-state index contributed by atoms with van der Waals surface area (Å²) >= 11 is 0. The lowest BCUT2D eigenvalue weighted by Crippen LogP contribution is -2.36. The van der Waals surface area contributed by atoms with Crippen molar-refractivity contribution in [2.24, 2.45) is 0 Å². The maximum Gasteiger partial charge on any atom is 0.353 e. The predicted molar refractivity (Wildman–Crippen MR) is 112 cm³/mol. The maximum absolute atomic E-state index is 12.5. The van der Waals surface area contributed by atoms with Crippen molar-refractivity contribution in [3.05, 3.63) is 79.5 Å². The molecule has 0 aliphatic rings. The molecule has 0 aliphatic heterocycles. The van der Waals surface area contributed by atoms with Gasteiger partial charge in [-0.3, -0.25) is 14.4 Å². The molecular weight excluding hydrogens is 420 g/mol. The van der Waals surface area contributed by atoms with E-state index in [9.17, 15) is 29.4 Å². The zero-order valence-corrected chi connectivity index (χ0v) is 16.3. The van der Waals surface area contributed by atoms with Crippen molar-refractivity contribution in [1.82, 2.24) is 19.7 Å². The summed E-state index contributed by atoms with van der Waals surface area (Å²) in [6, 6.07) is 8.13. The number of carbonyl (C=O) groups is 2. The molecule has 2 aromatic carbocycles. The van der Waals surface area contributed by atoms with Crippen LogP contribution in [0.3, 0.4) is 0 Å². The Bertz CT molecular complexity index is 1450. The molecule has 0 bridgehead atoms. The molecule has 0 aliphatic carbocycles. The molecule has 0 spiro atoms. The molecule has 4 aromatic rings. The lowest BCUT2D eigenvalue weighted by molar-refractivity contribution is 0.0687. The van der Waals surface area contributed by atoms with E-state index < -0.39 is 28.6 Å². The average Bonchev–Trinajstić information content (AvgIpc) is 3.17. The van der Waals surface area contributed by atoms with Crippen LogP contribution in [0.1, 0.15) is 32.1 Å². The van der Waals surface area contributed by atoms with Crippen molar-refractivity contribution in [1.29, 1.82) is 0 Å². The van der Waals surface area contributed by atoms with Gasteiger partial charge in [-0.2, -0.15) is 0 Å². The van der Waals surface area contributed by atoms with E-state index in [1.165, 1.54) is 0 Å². The molecule has 12 heteroatoms. The number of aromatic nitrogens is 3. The number of nitrogens with one attached hydrogen (secondary N) is 2. The number of amides is 1. The molecule has 0 saturated heterocycles. The van der Waals surface area contributed by atoms with Crippen molar-refractivity contribution >= 4 is 29.0 Å². The Hall–Kier alpha value is -4.74. The second kappa shape index (κ2) is 7.83. The Morgan fingerprint density at radius 3 is 2.50 bits per heavy atom. The van der Waals surface area contributed by atoms with E-state index in [1.54, 1.807) is 24.3 Å². The summed E-state index contributed by atoms with van der Waals surface area (Å²) in [4.78, 5) is 54.4. The van der Waals surface area contributed by atoms with Gasteiger partial charge in [0, 0.05) is 19.2 Å². The van der Waals surface area contributed by atoms with Gasteiger partial charge in [0.15, 0.2) is 0 Å². The SMILES string of the molecule is Nc1c(NCc2cccc(CNC(=O)c3cc(C(=O)O)n4c(O)cnc4n3)c2)c(=O)c1=O. The standard InChI is InChI=1S/C20H16N6O6/c21-14-15(17(29)16(14)28)22-6-9-2-1-3-10(4-9)7-23-18(30)11-5-12(19(31)32)26-13(27)8-24-20(26)25-11/h1-5,8,22,27H,6-7,21H2,(H,23,30)(H,31,32). The van der Waals surface area contributed by atoms with Crippen LogP contribution in [0.5, 0.6) is 5.88 Å². The van der Waals surface area contributed by atoms with E-state index in [2.05, 4.69) is 20.6 Å². The van der Waals surface area contributed by atoms with Gasteiger partial charge in [0.25, 0.3) is 16.8 Å². The minimum atomic E-state index is -1.36. The minimum Gasteiger partial charge on any atom is -0.493 e. The number of carboxylic acids is 1. The zero-order chi connectivity index (χ0) is 23.0. The highest BCUT2D eigenvalue weighted by atomic mass is 16.4. The zero-order valence-electron chi connectivity index (χ0n) is 16.3. The van der Waals surface area contributed by atoms with Crippen LogP contribution < -0.4 is 27.2 Å². The van der Waals surface area contributed by atoms with E-state index in [0.717, 1.165) is 27.8 Å². The Labute approximate surface area is 178 Å². The first kappa shape index (κ1) is 20.5. The number of nitrogens with two attached hydrogens (primary N) is 1. The molecule has 0 fully saturated rings. The number of imidazole rings is 1. The number of carboxylic acid groups (broad SMARTS) is 1. The third-order valence-corrected chi connectivity index (χ3v) is 4.77. The lowest BCUT2D eigenvalue weighted by Gasteiger charge is -2.11. The molecule has 6 N–H and O–H groups in total. The topological polar surface area (TPSA) is 189 Å². The Kier molecular flexibility index (Phi) is 5.02. The quantitative estimate of drug-likeness (QED) is 0.244. The number of nitrogen functional groups attached to an aromatic ring is 1. The predicted octanol–water partition coefficient (Wildman–Crippen LogP) is -0.147. The molecule has 0 saturated carbocycles. The average molecular weight is 436 g/mol. The summed E-state index contributed by atoms with van der Waals surface area (Å²) in [5, 5.41) is 24.6. The van der Waals surface area contributed by atoms with Gasteiger partial charge in [0.2, 0.25) is 11.7 Å². The second-order valence-electron chi connectivity index (χ2n) is 6.89. The van der Waals surface area contributed by atoms with Gasteiger partial charge in [-0.25, -0.2) is 19.2 Å². The van der Waals surface area contributed by atoms with Crippen LogP contribution in [-0.4, -0.2) is 36.5 Å². The summed E-state index contributed by atoms with van der Waals surface area (Å²) in [6.07, 6.45) is 1.03. The Balaban J connectivity index is 1.45. The molecule has 1 amide bonds. The number of aromatic carboxylic acids is 1. The van der Waals surface area contributed by atoms with Gasteiger partial charge in [0.05, 0.1) is 6.20 Å². The molecular formula is C20H16N6O6. The molecule has 0 atom stereocenters. The Morgan fingerprint density at radius 2 is 1.81 bits per heavy atom. The molecule has 162 valence electrons. The van der Waals surface area contributed by atoms with E-state index >= 15 is 0 Å². The number of aromatic hydroxyl groups is 1. The summed E-state index contributed by atoms with van der Waals surface area (Å²) in [6.45, 7) is 0.365. The van der Waals surface area contributed by atoms with Crippen molar-refractivity contribution in [2.75, 3.05) is 11.1 Å². The van der Waals surface area contributed by atoms with Crippen molar-refractivity contribution in [3.63, 3.8) is 0 Å². The Morgan fingerprint density at radius 1 is 1.09 bits per heavy atom. The van der Waals surface area contributed by atoms with Crippen LogP contribution in [0.2, 0.25) is 0 Å². The smallest absolute Gasteiger partial charge is 0.353 e. The van der Waals surface area contributed by atoms with E-state index in [0.29, 0.717) is 0 Å². The van der Waals surface area contributed by atoms with Crippen LogP contribution >= 0.6 is 0 Å².